The molecular weight excluding hydrogens is 755 g/mol. The highest BCUT2D eigenvalue weighted by Gasteiger charge is 2.27. The van der Waals surface area contributed by atoms with E-state index >= 15 is 0 Å². The molecule has 0 bridgehead atoms. The lowest BCUT2D eigenvalue weighted by molar-refractivity contribution is -0.153. The number of aliphatic hydroxyl groups is 2. The third-order valence-corrected chi connectivity index (χ3v) is 11.0. The number of hydrogen-bond donors (Lipinski definition) is 3. The van der Waals surface area contributed by atoms with Crippen LogP contribution in [0.4, 0.5) is 0 Å². The smallest absolute Gasteiger partial charge is 0.457 e. The van der Waals surface area contributed by atoms with E-state index in [1.165, 1.54) is 116 Å². The number of phosphoric ester groups is 1. The van der Waals surface area contributed by atoms with Crippen LogP contribution < -0.4 is 0 Å². The molecule has 11 heteroatoms. The highest BCUT2D eigenvalue weighted by atomic mass is 31.2. The number of ether oxygens (including phenoxy) is 2. The average molecular weight is 843 g/mol. The van der Waals surface area contributed by atoms with Crippen molar-refractivity contribution in [2.24, 2.45) is 0 Å². The van der Waals surface area contributed by atoms with Gasteiger partial charge in [0.1, 0.15) is 12.2 Å². The Morgan fingerprint density at radius 2 is 0.759 bits per heavy atom. The van der Waals surface area contributed by atoms with Crippen LogP contribution >= 0.6 is 7.82 Å². The maximum Gasteiger partial charge on any atom is 0.472 e. The summed E-state index contributed by atoms with van der Waals surface area (Å²) in [7, 11) is -4.64. The van der Waals surface area contributed by atoms with Crippen LogP contribution in [0.3, 0.4) is 0 Å². The van der Waals surface area contributed by atoms with Crippen molar-refractivity contribution < 1.29 is 47.8 Å². The van der Waals surface area contributed by atoms with Crippen molar-refractivity contribution in [1.29, 1.82) is 0 Å². The van der Waals surface area contributed by atoms with Gasteiger partial charge in [0.25, 0.3) is 0 Å². The first-order chi connectivity index (χ1) is 28.3. The number of carbonyl (C=O) groups is 2. The quantitative estimate of drug-likeness (QED) is 0.0234. The summed E-state index contributed by atoms with van der Waals surface area (Å²) in [6.07, 6.45) is 45.4. The van der Waals surface area contributed by atoms with Crippen molar-refractivity contribution in [2.75, 3.05) is 26.4 Å². The molecule has 0 spiro atoms. The molecule has 3 N–H and O–H groups in total. The fourth-order valence-corrected chi connectivity index (χ4v) is 7.22. The van der Waals surface area contributed by atoms with Gasteiger partial charge in [0.05, 0.1) is 26.4 Å². The Labute approximate surface area is 354 Å². The predicted octanol–water partition coefficient (Wildman–Crippen LogP) is 12.7. The van der Waals surface area contributed by atoms with Gasteiger partial charge in [-0.05, 0) is 70.6 Å². The van der Waals surface area contributed by atoms with Crippen molar-refractivity contribution in [3.05, 3.63) is 36.5 Å². The molecule has 0 aliphatic rings. The lowest BCUT2D eigenvalue weighted by Gasteiger charge is -2.20. The van der Waals surface area contributed by atoms with Crippen molar-refractivity contribution in [2.45, 2.75) is 225 Å². The van der Waals surface area contributed by atoms with E-state index < -0.39 is 58.4 Å². The molecular formula is C47H87O10P. The highest BCUT2D eigenvalue weighted by Crippen LogP contribution is 2.43. The van der Waals surface area contributed by atoms with Gasteiger partial charge < -0.3 is 24.6 Å². The van der Waals surface area contributed by atoms with E-state index in [-0.39, 0.29) is 12.8 Å². The van der Waals surface area contributed by atoms with Gasteiger partial charge in [-0.15, -0.1) is 0 Å². The summed E-state index contributed by atoms with van der Waals surface area (Å²) in [5.41, 5.74) is 0. The van der Waals surface area contributed by atoms with Gasteiger partial charge >= 0.3 is 19.8 Å². The number of aliphatic hydroxyl groups excluding tert-OH is 2. The molecule has 10 nitrogen and oxygen atoms in total. The molecule has 3 unspecified atom stereocenters. The molecule has 0 radical (unpaired) electrons. The molecule has 58 heavy (non-hydrogen) atoms. The highest BCUT2D eigenvalue weighted by molar-refractivity contribution is 7.47. The number of allylic oxidation sites excluding steroid dienone is 6. The summed E-state index contributed by atoms with van der Waals surface area (Å²) in [5.74, 6) is -1.03. The second-order valence-corrected chi connectivity index (χ2v) is 17.2. The first-order valence-electron chi connectivity index (χ1n) is 23.4. The molecule has 0 heterocycles. The molecule has 0 fully saturated rings. The molecule has 340 valence electrons. The van der Waals surface area contributed by atoms with Crippen molar-refractivity contribution >= 4 is 19.8 Å². The SMILES string of the molecule is CCCCCC/C=C\C/C=C\CCCCCCCC(=O)OC(CO)COP(=O)(O)OCC(CO)OC(=O)CCCCCCCCCCC/C=C\CCCCCCCC. The Kier molecular flexibility index (Phi) is 41.9. The molecule has 0 aromatic heterocycles. The van der Waals surface area contributed by atoms with Crippen LogP contribution in [0.25, 0.3) is 0 Å². The van der Waals surface area contributed by atoms with Crippen LogP contribution in [0, 0.1) is 0 Å². The second-order valence-electron chi connectivity index (χ2n) is 15.7. The van der Waals surface area contributed by atoms with E-state index in [1.807, 2.05) is 0 Å². The Morgan fingerprint density at radius 1 is 0.466 bits per heavy atom. The first-order valence-corrected chi connectivity index (χ1v) is 24.9. The van der Waals surface area contributed by atoms with E-state index in [9.17, 15) is 29.3 Å². The van der Waals surface area contributed by atoms with Gasteiger partial charge in [0.15, 0.2) is 0 Å². The number of hydrogen-bond acceptors (Lipinski definition) is 9. The zero-order valence-corrected chi connectivity index (χ0v) is 37.9. The summed E-state index contributed by atoms with van der Waals surface area (Å²) < 4.78 is 32.6. The zero-order chi connectivity index (χ0) is 42.6. The molecule has 0 saturated carbocycles. The van der Waals surface area contributed by atoms with Gasteiger partial charge in [-0.25, -0.2) is 4.57 Å². The Balaban J connectivity index is 3.90. The summed E-state index contributed by atoms with van der Waals surface area (Å²) in [4.78, 5) is 34.6. The van der Waals surface area contributed by atoms with Crippen LogP contribution in [0.15, 0.2) is 36.5 Å². The fourth-order valence-electron chi connectivity index (χ4n) is 6.43. The van der Waals surface area contributed by atoms with Gasteiger partial charge in [0.2, 0.25) is 0 Å². The monoisotopic (exact) mass is 843 g/mol. The summed E-state index contributed by atoms with van der Waals surface area (Å²) in [6, 6.07) is 0. The molecule has 0 rings (SSSR count). The average Bonchev–Trinajstić information content (AvgIpc) is 3.21. The first kappa shape index (κ1) is 56.2. The van der Waals surface area contributed by atoms with Gasteiger partial charge in [-0.1, -0.05) is 166 Å². The second kappa shape index (κ2) is 43.3. The van der Waals surface area contributed by atoms with E-state index in [0.717, 1.165) is 57.8 Å². The summed E-state index contributed by atoms with van der Waals surface area (Å²) >= 11 is 0. The minimum atomic E-state index is -4.64. The van der Waals surface area contributed by atoms with Crippen LogP contribution in [0.2, 0.25) is 0 Å². The third-order valence-electron chi connectivity index (χ3n) is 10.1. The molecule has 0 aliphatic carbocycles. The minimum Gasteiger partial charge on any atom is -0.457 e. The molecule has 0 saturated heterocycles. The lowest BCUT2D eigenvalue weighted by Crippen LogP contribution is -2.28. The van der Waals surface area contributed by atoms with Crippen molar-refractivity contribution in [3.63, 3.8) is 0 Å². The molecule has 0 aliphatic heterocycles. The van der Waals surface area contributed by atoms with E-state index in [1.54, 1.807) is 0 Å². The number of unbranched alkanes of at least 4 members (excludes halogenated alkanes) is 24. The van der Waals surface area contributed by atoms with Gasteiger partial charge in [-0.2, -0.15) is 0 Å². The van der Waals surface area contributed by atoms with E-state index in [4.69, 9.17) is 18.5 Å². The standard InChI is InChI=1S/C47H87O10P/c1-3-5-7-9-11-13-15-17-19-21-22-23-25-27-29-31-33-35-37-39-47(51)57-45(41-49)43-55-58(52,53)54-42-44(40-48)56-46(50)38-36-34-32-30-28-26-24-20-18-16-14-12-10-8-6-4-2/h14,16-17,19-20,24,44-45,48-49H,3-13,15,18,21-23,25-43H2,1-2H3,(H,52,53)/b16-14-,19-17-,24-20-. The van der Waals surface area contributed by atoms with Gasteiger partial charge in [-0.3, -0.25) is 18.6 Å². The Morgan fingerprint density at radius 3 is 1.10 bits per heavy atom. The number of rotatable bonds is 44. The number of esters is 2. The normalized spacial score (nSPS) is 14.1. The Bertz CT molecular complexity index is 1060. The number of phosphoric acid groups is 1. The lowest BCUT2D eigenvalue weighted by atomic mass is 10.1. The van der Waals surface area contributed by atoms with Crippen LogP contribution in [0.1, 0.15) is 213 Å². The number of carbonyl (C=O) groups excluding carboxylic acids is 2. The van der Waals surface area contributed by atoms with Gasteiger partial charge in [0, 0.05) is 12.8 Å². The van der Waals surface area contributed by atoms with Crippen molar-refractivity contribution in [3.8, 4) is 0 Å². The van der Waals surface area contributed by atoms with Crippen LogP contribution in [-0.2, 0) is 32.7 Å². The molecule has 0 aromatic carbocycles. The minimum absolute atomic E-state index is 0.176. The third kappa shape index (κ3) is 40.9. The van der Waals surface area contributed by atoms with Crippen LogP contribution in [0.5, 0.6) is 0 Å². The predicted molar refractivity (Wildman–Crippen MR) is 238 cm³/mol. The molecule has 0 amide bonds. The van der Waals surface area contributed by atoms with E-state index in [2.05, 4.69) is 50.3 Å². The fraction of sp³-hybridized carbons (Fsp3) is 0.830. The maximum absolute atomic E-state index is 12.4. The zero-order valence-electron chi connectivity index (χ0n) is 37.0. The summed E-state index contributed by atoms with van der Waals surface area (Å²) in [5, 5.41) is 19.2. The van der Waals surface area contributed by atoms with E-state index in [0.29, 0.717) is 12.8 Å². The van der Waals surface area contributed by atoms with Crippen molar-refractivity contribution in [1.82, 2.24) is 0 Å². The largest absolute Gasteiger partial charge is 0.472 e. The topological polar surface area (TPSA) is 149 Å². The Hall–Kier alpha value is -1.81. The molecule has 0 aromatic rings. The van der Waals surface area contributed by atoms with Crippen LogP contribution in [-0.4, -0.2) is 65.7 Å². The molecule has 3 atom stereocenters. The summed E-state index contributed by atoms with van der Waals surface area (Å²) in [6.45, 7) is 2.19. The maximum atomic E-state index is 12.4.